The van der Waals surface area contributed by atoms with Gasteiger partial charge < -0.3 is 10.3 Å². The number of thiazole rings is 1. The molecule has 0 saturated heterocycles. The molecule has 0 fully saturated rings. The summed E-state index contributed by atoms with van der Waals surface area (Å²) < 4.78 is 1.14. The van der Waals surface area contributed by atoms with Crippen LogP contribution in [0.25, 0.3) is 10.9 Å². The molecule has 0 saturated carbocycles. The van der Waals surface area contributed by atoms with Crippen molar-refractivity contribution in [3.05, 3.63) is 60.2 Å². The van der Waals surface area contributed by atoms with Crippen LogP contribution in [-0.2, 0) is 25.8 Å². The predicted molar refractivity (Wildman–Crippen MR) is 114 cm³/mol. The number of carbonyl (C=O) groups excluding carboxylic acids is 1. The molecule has 0 spiro atoms. The topological polar surface area (TPSA) is 96.8 Å². The second kappa shape index (κ2) is 8.32. The van der Waals surface area contributed by atoms with Gasteiger partial charge in [0.2, 0.25) is 0 Å². The fourth-order valence-electron chi connectivity index (χ4n) is 3.74. The summed E-state index contributed by atoms with van der Waals surface area (Å²) in [6.07, 6.45) is 6.42. The van der Waals surface area contributed by atoms with Crippen molar-refractivity contribution in [2.24, 2.45) is 0 Å². The lowest BCUT2D eigenvalue weighted by Gasteiger charge is -2.07. The van der Waals surface area contributed by atoms with Crippen LogP contribution in [0.15, 0.2) is 27.8 Å². The van der Waals surface area contributed by atoms with Crippen LogP contribution < -0.4 is 16.6 Å². The van der Waals surface area contributed by atoms with Gasteiger partial charge in [-0.15, -0.1) is 11.3 Å². The van der Waals surface area contributed by atoms with E-state index in [2.05, 4.69) is 10.3 Å². The largest absolute Gasteiger partial charge is 0.352 e. The standard InChI is InChI=1S/C21H24N4O3S/c1-2-25-20(27)14-10-9-13(12-16(14)24-21(25)28)19(26)22-11-5-8-18-23-15-6-3-4-7-17(15)29-18/h9-10,12H,2-8,11H2,1H3,(H,22,26)(H,24,28). The van der Waals surface area contributed by atoms with Crippen LogP contribution in [0.5, 0.6) is 0 Å². The molecule has 2 N–H and O–H groups in total. The summed E-state index contributed by atoms with van der Waals surface area (Å²) in [6, 6.07) is 4.77. The van der Waals surface area contributed by atoms with Crippen LogP contribution in [0.3, 0.4) is 0 Å². The Morgan fingerprint density at radius 2 is 2.10 bits per heavy atom. The molecule has 3 aromatic rings. The second-order valence-electron chi connectivity index (χ2n) is 7.28. The maximum absolute atomic E-state index is 12.5. The van der Waals surface area contributed by atoms with E-state index in [1.807, 2.05) is 11.3 Å². The highest BCUT2D eigenvalue weighted by atomic mass is 32.1. The van der Waals surface area contributed by atoms with Crippen molar-refractivity contribution in [2.75, 3.05) is 6.54 Å². The summed E-state index contributed by atoms with van der Waals surface area (Å²) in [5.41, 5.74) is 1.27. The van der Waals surface area contributed by atoms with E-state index >= 15 is 0 Å². The van der Waals surface area contributed by atoms with Gasteiger partial charge in [-0.1, -0.05) is 0 Å². The molecular weight excluding hydrogens is 388 g/mol. The van der Waals surface area contributed by atoms with Gasteiger partial charge in [0.15, 0.2) is 0 Å². The van der Waals surface area contributed by atoms with E-state index in [4.69, 9.17) is 4.98 Å². The van der Waals surface area contributed by atoms with Crippen LogP contribution in [0.4, 0.5) is 0 Å². The third-order valence-corrected chi connectivity index (χ3v) is 6.52. The minimum absolute atomic E-state index is 0.217. The normalized spacial score (nSPS) is 13.4. The number of H-pyrrole nitrogens is 1. The van der Waals surface area contributed by atoms with Gasteiger partial charge in [0.1, 0.15) is 0 Å². The van der Waals surface area contributed by atoms with Crippen molar-refractivity contribution in [3.63, 3.8) is 0 Å². The minimum Gasteiger partial charge on any atom is -0.352 e. The van der Waals surface area contributed by atoms with Gasteiger partial charge in [-0.3, -0.25) is 14.2 Å². The van der Waals surface area contributed by atoms with Crippen LogP contribution in [-0.4, -0.2) is 27.0 Å². The molecule has 1 aliphatic rings. The molecule has 1 aromatic carbocycles. The maximum Gasteiger partial charge on any atom is 0.328 e. The number of fused-ring (bicyclic) bond motifs is 2. The zero-order valence-electron chi connectivity index (χ0n) is 16.4. The van der Waals surface area contributed by atoms with E-state index < -0.39 is 5.69 Å². The average Bonchev–Trinajstić information content (AvgIpc) is 3.14. The lowest BCUT2D eigenvalue weighted by Crippen LogP contribution is -2.34. The fourth-order valence-corrected chi connectivity index (χ4v) is 4.94. The Bertz CT molecular complexity index is 1150. The van der Waals surface area contributed by atoms with Gasteiger partial charge in [0, 0.05) is 30.0 Å². The number of amides is 1. The molecule has 29 heavy (non-hydrogen) atoms. The highest BCUT2D eigenvalue weighted by Gasteiger charge is 2.15. The smallest absolute Gasteiger partial charge is 0.328 e. The lowest BCUT2D eigenvalue weighted by molar-refractivity contribution is 0.0953. The van der Waals surface area contributed by atoms with Crippen molar-refractivity contribution < 1.29 is 4.79 Å². The third kappa shape index (κ3) is 4.03. The van der Waals surface area contributed by atoms with Gasteiger partial charge in [-0.2, -0.15) is 0 Å². The SMILES string of the molecule is CCn1c(=O)[nH]c2cc(C(=O)NCCCc3nc4c(s3)CCCC4)ccc2c1=O. The first-order chi connectivity index (χ1) is 14.1. The van der Waals surface area contributed by atoms with E-state index in [1.54, 1.807) is 25.1 Å². The van der Waals surface area contributed by atoms with Gasteiger partial charge in [-0.25, -0.2) is 9.78 Å². The minimum atomic E-state index is -0.464. The second-order valence-corrected chi connectivity index (χ2v) is 8.45. The number of aromatic amines is 1. The quantitative estimate of drug-likeness (QED) is 0.608. The van der Waals surface area contributed by atoms with E-state index in [-0.39, 0.29) is 11.5 Å². The number of benzene rings is 1. The van der Waals surface area contributed by atoms with Gasteiger partial charge in [0.25, 0.3) is 11.5 Å². The highest BCUT2D eigenvalue weighted by Crippen LogP contribution is 2.27. The fraction of sp³-hybridized carbons (Fsp3) is 0.429. The van der Waals surface area contributed by atoms with Crippen molar-refractivity contribution in [1.82, 2.24) is 19.9 Å². The highest BCUT2D eigenvalue weighted by molar-refractivity contribution is 7.11. The lowest BCUT2D eigenvalue weighted by atomic mass is 10.0. The molecule has 0 unspecified atom stereocenters. The molecule has 1 amide bonds. The Morgan fingerprint density at radius 3 is 2.90 bits per heavy atom. The Labute approximate surface area is 171 Å². The van der Waals surface area contributed by atoms with Gasteiger partial charge >= 0.3 is 5.69 Å². The molecule has 2 heterocycles. The molecule has 0 atom stereocenters. The number of nitrogens with zero attached hydrogens (tertiary/aromatic N) is 2. The number of aryl methyl sites for hydroxylation is 3. The monoisotopic (exact) mass is 412 g/mol. The van der Waals surface area contributed by atoms with Crippen molar-refractivity contribution in [2.45, 2.75) is 52.0 Å². The van der Waals surface area contributed by atoms with Crippen LogP contribution in [0.1, 0.15) is 52.1 Å². The number of hydrogen-bond donors (Lipinski definition) is 2. The first-order valence-electron chi connectivity index (χ1n) is 10.1. The summed E-state index contributed by atoms with van der Waals surface area (Å²) in [6.45, 7) is 2.59. The van der Waals surface area contributed by atoms with Crippen LogP contribution >= 0.6 is 11.3 Å². The summed E-state index contributed by atoms with van der Waals surface area (Å²) in [5, 5.41) is 4.46. The van der Waals surface area contributed by atoms with E-state index in [1.165, 1.54) is 23.4 Å². The van der Waals surface area contributed by atoms with E-state index in [0.717, 1.165) is 35.3 Å². The maximum atomic E-state index is 12.5. The Hall–Kier alpha value is -2.74. The molecule has 0 radical (unpaired) electrons. The number of nitrogens with one attached hydrogen (secondary N) is 2. The molecule has 7 nitrogen and oxygen atoms in total. The zero-order chi connectivity index (χ0) is 20.4. The first-order valence-corrected chi connectivity index (χ1v) is 10.9. The van der Waals surface area contributed by atoms with E-state index in [9.17, 15) is 14.4 Å². The van der Waals surface area contributed by atoms with Gasteiger partial charge in [-0.05, 0) is 57.2 Å². The number of aromatic nitrogens is 3. The molecule has 0 bridgehead atoms. The van der Waals surface area contributed by atoms with Crippen molar-refractivity contribution >= 4 is 28.1 Å². The summed E-state index contributed by atoms with van der Waals surface area (Å²) >= 11 is 1.81. The average molecular weight is 413 g/mol. The Kier molecular flexibility index (Phi) is 5.62. The van der Waals surface area contributed by atoms with Crippen LogP contribution in [0, 0.1) is 0 Å². The molecule has 1 aliphatic carbocycles. The summed E-state index contributed by atoms with van der Waals surface area (Å²) in [5.74, 6) is -0.217. The number of rotatable bonds is 6. The molecule has 8 heteroatoms. The molecular formula is C21H24N4O3S. The zero-order valence-corrected chi connectivity index (χ0v) is 17.2. The van der Waals surface area contributed by atoms with Crippen molar-refractivity contribution in [1.29, 1.82) is 0 Å². The van der Waals surface area contributed by atoms with E-state index in [0.29, 0.717) is 29.6 Å². The number of hydrogen-bond acceptors (Lipinski definition) is 5. The summed E-state index contributed by atoms with van der Waals surface area (Å²) in [4.78, 5) is 45.6. The third-order valence-electron chi connectivity index (χ3n) is 5.30. The van der Waals surface area contributed by atoms with Gasteiger partial charge in [0.05, 0.1) is 21.6 Å². The predicted octanol–water partition coefficient (Wildman–Crippen LogP) is 2.41. The summed E-state index contributed by atoms with van der Waals surface area (Å²) in [7, 11) is 0. The first kappa shape index (κ1) is 19.6. The molecule has 2 aromatic heterocycles. The Balaban J connectivity index is 1.38. The van der Waals surface area contributed by atoms with Crippen molar-refractivity contribution in [3.8, 4) is 0 Å². The number of carbonyl (C=O) groups is 1. The molecule has 0 aliphatic heterocycles. The molecule has 4 rings (SSSR count). The molecule has 152 valence electrons. The Morgan fingerprint density at radius 1 is 1.28 bits per heavy atom. The van der Waals surface area contributed by atoms with Crippen LogP contribution in [0.2, 0.25) is 0 Å².